The van der Waals surface area contributed by atoms with E-state index in [0.717, 1.165) is 31.5 Å². The number of anilines is 2. The fraction of sp³-hybridized carbons (Fsp3) is 0.250. The van der Waals surface area contributed by atoms with Crippen molar-refractivity contribution in [3.8, 4) is 0 Å². The van der Waals surface area contributed by atoms with Crippen LogP contribution < -0.4 is 10.6 Å². The smallest absolute Gasteiger partial charge is 0.276 e. The third-order valence-electron chi connectivity index (χ3n) is 3.60. The van der Waals surface area contributed by atoms with Crippen LogP contribution in [0.4, 0.5) is 11.5 Å². The first-order valence-electron chi connectivity index (χ1n) is 6.88. The molecule has 0 bridgehead atoms. The molecule has 0 radical (unpaired) electrons. The van der Waals surface area contributed by atoms with Crippen LogP contribution in [0.25, 0.3) is 0 Å². The number of aryl methyl sites for hydroxylation is 1. The van der Waals surface area contributed by atoms with Crippen LogP contribution in [0.15, 0.2) is 42.5 Å². The van der Waals surface area contributed by atoms with Crippen LogP contribution >= 0.6 is 0 Å². The van der Waals surface area contributed by atoms with Gasteiger partial charge in [-0.25, -0.2) is 4.98 Å². The Balaban J connectivity index is 1.99. The van der Waals surface area contributed by atoms with E-state index in [1.165, 1.54) is 5.56 Å². The number of amides is 1. The summed E-state index contributed by atoms with van der Waals surface area (Å²) in [5.74, 6) is 0.297. The Morgan fingerprint density at radius 2 is 1.95 bits per heavy atom. The first kappa shape index (κ1) is 12.7. The highest BCUT2D eigenvalue weighted by molar-refractivity contribution is 6.05. The molecule has 0 saturated carbocycles. The molecule has 20 heavy (non-hydrogen) atoms. The molecule has 1 aliphatic rings. The van der Waals surface area contributed by atoms with Gasteiger partial charge >= 0.3 is 0 Å². The van der Waals surface area contributed by atoms with Crippen LogP contribution in [-0.4, -0.2) is 17.4 Å². The number of pyridine rings is 1. The molecule has 2 N–H and O–H groups in total. The molecule has 3 rings (SSSR count). The fourth-order valence-corrected chi connectivity index (χ4v) is 2.61. The second kappa shape index (κ2) is 5.33. The van der Waals surface area contributed by atoms with Gasteiger partial charge in [-0.05, 0) is 43.0 Å². The van der Waals surface area contributed by atoms with Gasteiger partial charge in [-0.1, -0.05) is 24.3 Å². The molecule has 0 atom stereocenters. The Morgan fingerprint density at radius 3 is 2.80 bits per heavy atom. The van der Waals surface area contributed by atoms with Gasteiger partial charge in [0.1, 0.15) is 11.5 Å². The van der Waals surface area contributed by atoms with E-state index in [1.54, 1.807) is 18.2 Å². The lowest BCUT2D eigenvalue weighted by molar-refractivity contribution is 0.0982. The van der Waals surface area contributed by atoms with E-state index in [9.17, 15) is 4.79 Å². The van der Waals surface area contributed by atoms with Gasteiger partial charge in [0.25, 0.3) is 5.91 Å². The SMILES string of the molecule is Nc1cccc(C(=O)N2CCCCc3ccccc32)n1. The van der Waals surface area contributed by atoms with Crippen LogP contribution in [0, 0.1) is 0 Å². The Morgan fingerprint density at radius 1 is 1.10 bits per heavy atom. The van der Waals surface area contributed by atoms with Gasteiger partial charge in [-0.2, -0.15) is 0 Å². The Kier molecular flexibility index (Phi) is 3.37. The van der Waals surface area contributed by atoms with E-state index < -0.39 is 0 Å². The largest absolute Gasteiger partial charge is 0.384 e. The van der Waals surface area contributed by atoms with Crippen LogP contribution in [0.2, 0.25) is 0 Å². The average molecular weight is 267 g/mol. The number of fused-ring (bicyclic) bond motifs is 1. The van der Waals surface area contributed by atoms with E-state index >= 15 is 0 Å². The quantitative estimate of drug-likeness (QED) is 0.864. The molecule has 1 aromatic carbocycles. The predicted octanol–water partition coefficient (Wildman–Crippen LogP) is 2.65. The summed E-state index contributed by atoms with van der Waals surface area (Å²) in [6.07, 6.45) is 3.12. The molecule has 0 unspecified atom stereocenters. The summed E-state index contributed by atoms with van der Waals surface area (Å²) in [5, 5.41) is 0. The molecule has 2 heterocycles. The minimum absolute atomic E-state index is 0.0772. The van der Waals surface area contributed by atoms with Crippen LogP contribution in [-0.2, 0) is 6.42 Å². The number of nitrogens with zero attached hydrogens (tertiary/aromatic N) is 2. The van der Waals surface area contributed by atoms with Crippen molar-refractivity contribution in [1.82, 2.24) is 4.98 Å². The minimum Gasteiger partial charge on any atom is -0.384 e. The zero-order chi connectivity index (χ0) is 13.9. The molecule has 4 heteroatoms. The summed E-state index contributed by atoms with van der Waals surface area (Å²) in [7, 11) is 0. The van der Waals surface area contributed by atoms with Gasteiger partial charge in [0.15, 0.2) is 0 Å². The lowest BCUT2D eigenvalue weighted by atomic mass is 10.1. The molecule has 0 aliphatic carbocycles. The first-order valence-corrected chi connectivity index (χ1v) is 6.88. The van der Waals surface area contributed by atoms with Crippen molar-refractivity contribution in [2.45, 2.75) is 19.3 Å². The second-order valence-electron chi connectivity index (χ2n) is 4.99. The second-order valence-corrected chi connectivity index (χ2v) is 4.99. The van der Waals surface area contributed by atoms with Gasteiger partial charge in [0, 0.05) is 12.2 Å². The highest BCUT2D eigenvalue weighted by Crippen LogP contribution is 2.27. The molecule has 1 aromatic heterocycles. The maximum atomic E-state index is 12.7. The number of hydrogen-bond donors (Lipinski definition) is 1. The van der Waals surface area contributed by atoms with Crippen LogP contribution in [0.1, 0.15) is 28.9 Å². The van der Waals surface area contributed by atoms with Gasteiger partial charge in [0.2, 0.25) is 0 Å². The third kappa shape index (κ3) is 2.37. The highest BCUT2D eigenvalue weighted by atomic mass is 16.2. The standard InChI is InChI=1S/C16H17N3O/c17-15-10-5-8-13(18-15)16(20)19-11-4-3-7-12-6-1-2-9-14(12)19/h1-2,5-6,8-10H,3-4,7,11H2,(H2,17,18). The molecule has 102 valence electrons. The third-order valence-corrected chi connectivity index (χ3v) is 3.60. The van der Waals surface area contributed by atoms with Crippen molar-refractivity contribution in [2.24, 2.45) is 0 Å². The zero-order valence-electron chi connectivity index (χ0n) is 11.2. The maximum Gasteiger partial charge on any atom is 0.276 e. The topological polar surface area (TPSA) is 59.2 Å². The molecular formula is C16H17N3O. The number of aromatic nitrogens is 1. The van der Waals surface area contributed by atoms with Crippen molar-refractivity contribution in [2.75, 3.05) is 17.2 Å². The number of hydrogen-bond acceptors (Lipinski definition) is 3. The first-order chi connectivity index (χ1) is 9.75. The number of nitrogen functional groups attached to an aromatic ring is 1. The normalized spacial score (nSPS) is 14.5. The van der Waals surface area contributed by atoms with Crippen molar-refractivity contribution in [3.05, 3.63) is 53.7 Å². The van der Waals surface area contributed by atoms with Gasteiger partial charge in [0.05, 0.1) is 0 Å². The minimum atomic E-state index is -0.0772. The lowest BCUT2D eigenvalue weighted by Crippen LogP contribution is -2.32. The van der Waals surface area contributed by atoms with E-state index in [4.69, 9.17) is 5.73 Å². The summed E-state index contributed by atoms with van der Waals surface area (Å²) in [4.78, 5) is 18.6. The lowest BCUT2D eigenvalue weighted by Gasteiger charge is -2.22. The van der Waals surface area contributed by atoms with E-state index in [1.807, 2.05) is 23.1 Å². The molecular weight excluding hydrogens is 250 g/mol. The molecule has 1 aliphatic heterocycles. The number of carbonyl (C=O) groups is 1. The van der Waals surface area contributed by atoms with Crippen LogP contribution in [0.5, 0.6) is 0 Å². The number of nitrogens with two attached hydrogens (primary N) is 1. The predicted molar refractivity (Wildman–Crippen MR) is 79.7 cm³/mol. The molecule has 4 nitrogen and oxygen atoms in total. The molecule has 2 aromatic rings. The summed E-state index contributed by atoms with van der Waals surface area (Å²) < 4.78 is 0. The summed E-state index contributed by atoms with van der Waals surface area (Å²) in [6.45, 7) is 0.728. The molecule has 0 saturated heterocycles. The Bertz CT molecular complexity index is 639. The summed E-state index contributed by atoms with van der Waals surface area (Å²) in [5.41, 5.74) is 8.30. The number of benzene rings is 1. The van der Waals surface area contributed by atoms with Crippen molar-refractivity contribution < 1.29 is 4.79 Å². The van der Waals surface area contributed by atoms with Gasteiger partial charge < -0.3 is 10.6 Å². The zero-order valence-corrected chi connectivity index (χ0v) is 11.2. The van der Waals surface area contributed by atoms with Gasteiger partial charge in [-0.3, -0.25) is 4.79 Å². The van der Waals surface area contributed by atoms with Crippen LogP contribution in [0.3, 0.4) is 0 Å². The van der Waals surface area contributed by atoms with E-state index in [2.05, 4.69) is 11.1 Å². The van der Waals surface area contributed by atoms with E-state index in [0.29, 0.717) is 11.5 Å². The molecule has 1 amide bonds. The molecule has 0 spiro atoms. The Hall–Kier alpha value is -2.36. The number of para-hydroxylation sites is 1. The van der Waals surface area contributed by atoms with Crippen molar-refractivity contribution in [3.63, 3.8) is 0 Å². The fourth-order valence-electron chi connectivity index (χ4n) is 2.61. The highest BCUT2D eigenvalue weighted by Gasteiger charge is 2.22. The number of carbonyl (C=O) groups excluding carboxylic acids is 1. The summed E-state index contributed by atoms with van der Waals surface area (Å²) in [6, 6.07) is 13.2. The van der Waals surface area contributed by atoms with E-state index in [-0.39, 0.29) is 5.91 Å². The van der Waals surface area contributed by atoms with Crippen molar-refractivity contribution >= 4 is 17.4 Å². The number of rotatable bonds is 1. The monoisotopic (exact) mass is 267 g/mol. The molecule has 0 fully saturated rings. The van der Waals surface area contributed by atoms with Crippen molar-refractivity contribution in [1.29, 1.82) is 0 Å². The Labute approximate surface area is 118 Å². The maximum absolute atomic E-state index is 12.7. The average Bonchev–Trinajstić information content (AvgIpc) is 2.69. The summed E-state index contributed by atoms with van der Waals surface area (Å²) >= 11 is 0. The van der Waals surface area contributed by atoms with Gasteiger partial charge in [-0.15, -0.1) is 0 Å².